The van der Waals surface area contributed by atoms with E-state index in [9.17, 15) is 18.3 Å². The van der Waals surface area contributed by atoms with Crippen LogP contribution in [0.4, 0.5) is 18.9 Å². The smallest absolute Gasteiger partial charge is 0.384 e. The van der Waals surface area contributed by atoms with Gasteiger partial charge in [-0.15, -0.1) is 0 Å². The summed E-state index contributed by atoms with van der Waals surface area (Å²) < 4.78 is 38.8. The standard InChI is InChI=1S/C15H15F3N2O/c1-20(2)11-5-3-10(4-6-11)14(21)12-9-19-8-7-13(12)15(16,17)18/h3-9,14,21H,1-2H3. The Balaban J connectivity index is 2.38. The first-order valence-corrected chi connectivity index (χ1v) is 6.27. The minimum Gasteiger partial charge on any atom is -0.384 e. The minimum atomic E-state index is -4.52. The Morgan fingerprint density at radius 1 is 1.10 bits per heavy atom. The van der Waals surface area contributed by atoms with Crippen LogP contribution >= 0.6 is 0 Å². The zero-order valence-corrected chi connectivity index (χ0v) is 11.6. The summed E-state index contributed by atoms with van der Waals surface area (Å²) in [5.41, 5.74) is 0.163. The third-order valence-electron chi connectivity index (χ3n) is 3.18. The van der Waals surface area contributed by atoms with Crippen LogP contribution in [-0.4, -0.2) is 24.2 Å². The van der Waals surface area contributed by atoms with Crippen molar-refractivity contribution in [2.45, 2.75) is 12.3 Å². The maximum Gasteiger partial charge on any atom is 0.416 e. The number of anilines is 1. The Labute approximate surface area is 120 Å². The number of hydrogen-bond donors (Lipinski definition) is 1. The number of aromatic nitrogens is 1. The quantitative estimate of drug-likeness (QED) is 0.944. The summed E-state index contributed by atoms with van der Waals surface area (Å²) in [4.78, 5) is 5.55. The molecule has 0 saturated heterocycles. The SMILES string of the molecule is CN(C)c1ccc(C(O)c2cnccc2C(F)(F)F)cc1. The van der Waals surface area contributed by atoms with Crippen molar-refractivity contribution < 1.29 is 18.3 Å². The van der Waals surface area contributed by atoms with E-state index < -0.39 is 17.8 Å². The molecule has 1 aromatic heterocycles. The van der Waals surface area contributed by atoms with E-state index in [-0.39, 0.29) is 5.56 Å². The van der Waals surface area contributed by atoms with Gasteiger partial charge < -0.3 is 10.0 Å². The molecule has 2 aromatic rings. The van der Waals surface area contributed by atoms with Crippen molar-refractivity contribution in [3.05, 3.63) is 59.4 Å². The number of halogens is 3. The molecule has 0 aliphatic rings. The zero-order valence-electron chi connectivity index (χ0n) is 11.6. The summed E-state index contributed by atoms with van der Waals surface area (Å²) in [5, 5.41) is 10.2. The van der Waals surface area contributed by atoms with Crippen molar-refractivity contribution in [3.63, 3.8) is 0 Å². The molecule has 112 valence electrons. The van der Waals surface area contributed by atoms with Gasteiger partial charge in [0.05, 0.1) is 5.56 Å². The Kier molecular flexibility index (Phi) is 4.18. The number of aliphatic hydroxyl groups excluding tert-OH is 1. The fourth-order valence-electron chi connectivity index (χ4n) is 2.02. The van der Waals surface area contributed by atoms with Gasteiger partial charge in [-0.1, -0.05) is 12.1 Å². The highest BCUT2D eigenvalue weighted by Gasteiger charge is 2.35. The molecule has 0 aliphatic carbocycles. The lowest BCUT2D eigenvalue weighted by Gasteiger charge is -2.18. The fraction of sp³-hybridized carbons (Fsp3) is 0.267. The van der Waals surface area contributed by atoms with Crippen molar-refractivity contribution in [1.29, 1.82) is 0 Å². The summed E-state index contributed by atoms with van der Waals surface area (Å²) in [6.07, 6.45) is -3.78. The van der Waals surface area contributed by atoms with Gasteiger partial charge in [0.1, 0.15) is 6.10 Å². The summed E-state index contributed by atoms with van der Waals surface area (Å²) >= 11 is 0. The van der Waals surface area contributed by atoms with Gasteiger partial charge in [0, 0.05) is 37.7 Å². The average molecular weight is 296 g/mol. The van der Waals surface area contributed by atoms with Gasteiger partial charge in [0.2, 0.25) is 0 Å². The van der Waals surface area contributed by atoms with Crippen molar-refractivity contribution in [1.82, 2.24) is 4.98 Å². The Morgan fingerprint density at radius 2 is 1.71 bits per heavy atom. The molecular weight excluding hydrogens is 281 g/mol. The lowest BCUT2D eigenvalue weighted by molar-refractivity contribution is -0.139. The van der Waals surface area contributed by atoms with Gasteiger partial charge in [0.15, 0.2) is 0 Å². The molecule has 1 N–H and O–H groups in total. The molecule has 1 atom stereocenters. The van der Waals surface area contributed by atoms with E-state index in [2.05, 4.69) is 4.98 Å². The minimum absolute atomic E-state index is 0.248. The molecule has 0 bridgehead atoms. The van der Waals surface area contributed by atoms with E-state index in [0.29, 0.717) is 5.56 Å². The number of hydrogen-bond acceptors (Lipinski definition) is 3. The summed E-state index contributed by atoms with van der Waals surface area (Å²) in [6, 6.07) is 7.55. The normalized spacial score (nSPS) is 13.0. The topological polar surface area (TPSA) is 36.4 Å². The van der Waals surface area contributed by atoms with Gasteiger partial charge in [-0.3, -0.25) is 4.98 Å². The van der Waals surface area contributed by atoms with Gasteiger partial charge in [-0.05, 0) is 23.8 Å². The number of pyridine rings is 1. The van der Waals surface area contributed by atoms with E-state index in [1.807, 2.05) is 19.0 Å². The molecule has 6 heteroatoms. The van der Waals surface area contributed by atoms with Crippen LogP contribution in [0.1, 0.15) is 22.8 Å². The molecular formula is C15H15F3N2O. The molecule has 0 saturated carbocycles. The molecule has 0 aliphatic heterocycles. The van der Waals surface area contributed by atoms with Crippen LogP contribution in [0.5, 0.6) is 0 Å². The van der Waals surface area contributed by atoms with Crippen LogP contribution in [0.25, 0.3) is 0 Å². The second kappa shape index (κ2) is 5.73. The van der Waals surface area contributed by atoms with Crippen molar-refractivity contribution in [2.75, 3.05) is 19.0 Å². The Bertz CT molecular complexity index is 609. The molecule has 1 heterocycles. The van der Waals surface area contributed by atoms with Crippen LogP contribution in [0, 0.1) is 0 Å². The second-order valence-electron chi connectivity index (χ2n) is 4.85. The van der Waals surface area contributed by atoms with Gasteiger partial charge in [-0.25, -0.2) is 0 Å². The molecule has 3 nitrogen and oxygen atoms in total. The average Bonchev–Trinajstić information content (AvgIpc) is 2.45. The van der Waals surface area contributed by atoms with E-state index >= 15 is 0 Å². The van der Waals surface area contributed by atoms with Crippen LogP contribution < -0.4 is 4.90 Å². The number of alkyl halides is 3. The Morgan fingerprint density at radius 3 is 2.24 bits per heavy atom. The third-order valence-corrected chi connectivity index (χ3v) is 3.18. The van der Waals surface area contributed by atoms with Gasteiger partial charge in [-0.2, -0.15) is 13.2 Å². The molecule has 0 spiro atoms. The van der Waals surface area contributed by atoms with Crippen molar-refractivity contribution >= 4 is 5.69 Å². The van der Waals surface area contributed by atoms with Gasteiger partial charge >= 0.3 is 6.18 Å². The number of nitrogens with zero attached hydrogens (tertiary/aromatic N) is 2. The highest BCUT2D eigenvalue weighted by Crippen LogP contribution is 2.36. The number of rotatable bonds is 3. The van der Waals surface area contributed by atoms with Crippen molar-refractivity contribution in [2.24, 2.45) is 0 Å². The van der Waals surface area contributed by atoms with E-state index in [0.717, 1.165) is 24.1 Å². The maximum atomic E-state index is 12.9. The summed E-state index contributed by atoms with van der Waals surface area (Å²) in [7, 11) is 3.71. The molecule has 2 rings (SSSR count). The largest absolute Gasteiger partial charge is 0.416 e. The molecule has 21 heavy (non-hydrogen) atoms. The molecule has 1 unspecified atom stereocenters. The molecule has 1 aromatic carbocycles. The van der Waals surface area contributed by atoms with Crippen molar-refractivity contribution in [3.8, 4) is 0 Å². The third kappa shape index (κ3) is 3.33. The Hall–Kier alpha value is -2.08. The van der Waals surface area contributed by atoms with E-state index in [4.69, 9.17) is 0 Å². The molecule has 0 amide bonds. The van der Waals surface area contributed by atoms with Crippen LogP contribution in [-0.2, 0) is 6.18 Å². The predicted octanol–water partition coefficient (Wildman–Crippen LogP) is 3.25. The van der Waals surface area contributed by atoms with Crippen LogP contribution in [0.3, 0.4) is 0 Å². The van der Waals surface area contributed by atoms with Crippen LogP contribution in [0.15, 0.2) is 42.7 Å². The highest BCUT2D eigenvalue weighted by molar-refractivity contribution is 5.47. The lowest BCUT2D eigenvalue weighted by atomic mass is 9.98. The monoisotopic (exact) mass is 296 g/mol. The van der Waals surface area contributed by atoms with E-state index in [1.54, 1.807) is 24.3 Å². The number of benzene rings is 1. The number of aliphatic hydroxyl groups is 1. The first kappa shape index (κ1) is 15.3. The first-order valence-electron chi connectivity index (χ1n) is 6.27. The van der Waals surface area contributed by atoms with E-state index in [1.165, 1.54) is 0 Å². The maximum absolute atomic E-state index is 12.9. The fourth-order valence-corrected chi connectivity index (χ4v) is 2.02. The van der Waals surface area contributed by atoms with Gasteiger partial charge in [0.25, 0.3) is 0 Å². The van der Waals surface area contributed by atoms with Crippen LogP contribution in [0.2, 0.25) is 0 Å². The summed E-state index contributed by atoms with van der Waals surface area (Å²) in [5.74, 6) is 0. The predicted molar refractivity (Wildman–Crippen MR) is 74.1 cm³/mol. The first-order chi connectivity index (χ1) is 9.80. The highest BCUT2D eigenvalue weighted by atomic mass is 19.4. The lowest BCUT2D eigenvalue weighted by Crippen LogP contribution is -2.13. The molecule has 0 fully saturated rings. The molecule has 0 radical (unpaired) electrons. The summed E-state index contributed by atoms with van der Waals surface area (Å²) in [6.45, 7) is 0. The zero-order chi connectivity index (χ0) is 15.6. The second-order valence-corrected chi connectivity index (χ2v) is 4.85.